The topological polar surface area (TPSA) is 283 Å². The summed E-state index contributed by atoms with van der Waals surface area (Å²) in [5, 5.41) is 52.1. The molecule has 0 bridgehead atoms. The van der Waals surface area contributed by atoms with E-state index in [1.54, 1.807) is 0 Å². The molecule has 2 N–H and O–H groups in total. The van der Waals surface area contributed by atoms with Gasteiger partial charge in [0.1, 0.15) is 0 Å². The fourth-order valence-corrected chi connectivity index (χ4v) is 3.55. The molecule has 20 heteroatoms. The normalized spacial score (nSPS) is 11.8. The zero-order valence-corrected chi connectivity index (χ0v) is 22.0. The van der Waals surface area contributed by atoms with Crippen LogP contribution in [-0.4, -0.2) is 55.7 Å². The first-order valence-corrected chi connectivity index (χ1v) is 11.3. The molecule has 0 aliphatic rings. The van der Waals surface area contributed by atoms with E-state index in [-0.39, 0.29) is 0 Å². The summed E-state index contributed by atoms with van der Waals surface area (Å²) >= 11 is 0. The molecule has 2 aromatic rings. The zero-order chi connectivity index (χ0) is 32.0. The molecular formula is C22H20N6O14. The summed E-state index contributed by atoms with van der Waals surface area (Å²) in [4.78, 5) is 89.9. The van der Waals surface area contributed by atoms with E-state index in [2.05, 4.69) is 20.1 Å². The summed E-state index contributed by atoms with van der Waals surface area (Å²) in [6.45, 7) is 4.25. The summed E-state index contributed by atoms with van der Waals surface area (Å²) in [5.41, 5.74) is -8.43. The standard InChI is InChI=1S/C22H20N6O14/c1-9(41-11(3)29)21(31)23-13-5-15(25(33)34)19(16(6-13)26(35)36)20-17(27(37)38)7-14(8-18(20)28(39)40)24-22(32)10(2)42-12(4)30/h5-10H,1-4H3,(H,23,31)(H,24,32). The second-order valence-electron chi connectivity index (χ2n) is 8.29. The molecule has 20 nitrogen and oxygen atoms in total. The van der Waals surface area contributed by atoms with Crippen molar-refractivity contribution in [3.05, 3.63) is 64.7 Å². The molecule has 0 heterocycles. The number of nitro benzene ring substituents is 4. The SMILES string of the molecule is CC(=O)OC(C)C(=O)Nc1cc([N+](=O)[O-])c(-c2c([N+](=O)[O-])cc(NC(=O)C(C)OC(C)=O)cc2[N+](=O)[O-])c([N+](=O)[O-])c1. The molecule has 2 atom stereocenters. The van der Waals surface area contributed by atoms with Gasteiger partial charge in [-0.1, -0.05) is 0 Å². The number of esters is 2. The van der Waals surface area contributed by atoms with Gasteiger partial charge in [0.15, 0.2) is 23.3 Å². The van der Waals surface area contributed by atoms with Gasteiger partial charge in [-0.3, -0.25) is 59.6 Å². The number of benzene rings is 2. The Balaban J connectivity index is 2.85. The lowest BCUT2D eigenvalue weighted by Crippen LogP contribution is -2.29. The van der Waals surface area contributed by atoms with Crippen molar-refractivity contribution in [2.24, 2.45) is 0 Å². The van der Waals surface area contributed by atoms with E-state index in [0.717, 1.165) is 27.7 Å². The maximum absolute atomic E-state index is 12.3. The van der Waals surface area contributed by atoms with Crippen molar-refractivity contribution in [1.29, 1.82) is 0 Å². The highest BCUT2D eigenvalue weighted by Crippen LogP contribution is 2.49. The molecule has 2 aromatic carbocycles. The van der Waals surface area contributed by atoms with Crippen molar-refractivity contribution in [1.82, 2.24) is 0 Å². The lowest BCUT2D eigenvalue weighted by atomic mass is 9.96. The number of rotatable bonds is 11. The van der Waals surface area contributed by atoms with E-state index >= 15 is 0 Å². The van der Waals surface area contributed by atoms with Crippen LogP contribution in [-0.2, 0) is 28.7 Å². The largest absolute Gasteiger partial charge is 0.453 e. The molecule has 0 saturated heterocycles. The minimum atomic E-state index is -1.44. The molecule has 0 radical (unpaired) electrons. The number of nitrogens with one attached hydrogen (secondary N) is 2. The van der Waals surface area contributed by atoms with Crippen molar-refractivity contribution in [2.45, 2.75) is 39.9 Å². The summed E-state index contributed by atoms with van der Waals surface area (Å²) in [5.74, 6) is -3.82. The number of nitro groups is 4. The first-order chi connectivity index (χ1) is 19.4. The van der Waals surface area contributed by atoms with Crippen LogP contribution >= 0.6 is 0 Å². The first-order valence-electron chi connectivity index (χ1n) is 11.3. The molecule has 0 spiro atoms. The quantitative estimate of drug-likeness (QED) is 0.215. The molecule has 2 amide bonds. The third kappa shape index (κ3) is 7.52. The van der Waals surface area contributed by atoms with Crippen LogP contribution < -0.4 is 10.6 Å². The number of carbonyl (C=O) groups excluding carboxylic acids is 4. The molecule has 0 aliphatic heterocycles. The van der Waals surface area contributed by atoms with Crippen LogP contribution in [0.25, 0.3) is 11.1 Å². The van der Waals surface area contributed by atoms with Gasteiger partial charge in [-0.15, -0.1) is 0 Å². The summed E-state index contributed by atoms with van der Waals surface area (Å²) in [6.07, 6.45) is -2.87. The van der Waals surface area contributed by atoms with Crippen LogP contribution in [0.1, 0.15) is 27.7 Å². The van der Waals surface area contributed by atoms with E-state index in [9.17, 15) is 59.6 Å². The van der Waals surface area contributed by atoms with E-state index < -0.39 is 101 Å². The van der Waals surface area contributed by atoms with Gasteiger partial charge in [0.2, 0.25) is 0 Å². The predicted octanol–water partition coefficient (Wildman–Crippen LogP) is 2.77. The van der Waals surface area contributed by atoms with Gasteiger partial charge >= 0.3 is 11.9 Å². The molecule has 0 aromatic heterocycles. The lowest BCUT2D eigenvalue weighted by molar-refractivity contribution is -0.397. The van der Waals surface area contributed by atoms with Crippen molar-refractivity contribution >= 4 is 57.9 Å². The third-order valence-electron chi connectivity index (χ3n) is 5.19. The van der Waals surface area contributed by atoms with Gasteiger partial charge in [-0.2, -0.15) is 0 Å². The minimum absolute atomic E-state index is 0.560. The van der Waals surface area contributed by atoms with Gasteiger partial charge in [-0.25, -0.2) is 0 Å². The average Bonchev–Trinajstić information content (AvgIpc) is 2.86. The molecule has 2 unspecified atom stereocenters. The van der Waals surface area contributed by atoms with Crippen LogP contribution in [0.2, 0.25) is 0 Å². The van der Waals surface area contributed by atoms with Crippen LogP contribution in [0.4, 0.5) is 34.1 Å². The zero-order valence-electron chi connectivity index (χ0n) is 22.0. The molecule has 222 valence electrons. The lowest BCUT2D eigenvalue weighted by Gasteiger charge is -2.14. The number of anilines is 2. The average molecular weight is 592 g/mol. The fraction of sp³-hybridized carbons (Fsp3) is 0.273. The van der Waals surface area contributed by atoms with Gasteiger partial charge < -0.3 is 20.1 Å². The van der Waals surface area contributed by atoms with Gasteiger partial charge in [0.25, 0.3) is 34.6 Å². The molecule has 0 fully saturated rings. The Hall–Kier alpha value is -6.08. The summed E-state index contributed by atoms with van der Waals surface area (Å²) < 4.78 is 9.33. The Morgan fingerprint density at radius 1 is 0.595 bits per heavy atom. The highest BCUT2D eigenvalue weighted by Gasteiger charge is 2.39. The Bertz CT molecular complexity index is 1350. The van der Waals surface area contributed by atoms with Crippen LogP contribution in [0, 0.1) is 40.5 Å². The Morgan fingerprint density at radius 2 is 0.833 bits per heavy atom. The summed E-state index contributed by atoms with van der Waals surface area (Å²) in [7, 11) is 0. The smallest absolute Gasteiger partial charge is 0.303 e. The number of amides is 2. The number of ether oxygens (including phenoxy) is 2. The van der Waals surface area contributed by atoms with Crippen molar-refractivity contribution < 1.29 is 48.3 Å². The monoisotopic (exact) mass is 592 g/mol. The van der Waals surface area contributed by atoms with E-state index in [0.29, 0.717) is 24.3 Å². The number of hydrogen-bond acceptors (Lipinski definition) is 14. The summed E-state index contributed by atoms with van der Waals surface area (Å²) in [6, 6.07) is 2.24. The van der Waals surface area contributed by atoms with E-state index in [4.69, 9.17) is 0 Å². The Kier molecular flexibility index (Phi) is 9.83. The second-order valence-corrected chi connectivity index (χ2v) is 8.29. The van der Waals surface area contributed by atoms with Gasteiger partial charge in [0, 0.05) is 38.1 Å². The molecule has 2 rings (SSSR count). The van der Waals surface area contributed by atoms with Crippen LogP contribution in [0.5, 0.6) is 0 Å². The van der Waals surface area contributed by atoms with Crippen molar-refractivity contribution in [2.75, 3.05) is 10.6 Å². The van der Waals surface area contributed by atoms with Crippen molar-refractivity contribution in [3.8, 4) is 11.1 Å². The maximum atomic E-state index is 12.3. The third-order valence-corrected chi connectivity index (χ3v) is 5.19. The van der Waals surface area contributed by atoms with Gasteiger partial charge in [0.05, 0.1) is 31.1 Å². The number of carbonyl (C=O) groups is 4. The molecule has 0 saturated carbocycles. The Morgan fingerprint density at radius 3 is 1.02 bits per heavy atom. The van der Waals surface area contributed by atoms with Gasteiger partial charge in [-0.05, 0) is 13.8 Å². The van der Waals surface area contributed by atoms with Crippen LogP contribution in [0.15, 0.2) is 24.3 Å². The number of hydrogen-bond donors (Lipinski definition) is 2. The molecule has 0 aliphatic carbocycles. The minimum Gasteiger partial charge on any atom is -0.453 e. The highest BCUT2D eigenvalue weighted by molar-refractivity contribution is 6.01. The van der Waals surface area contributed by atoms with E-state index in [1.807, 2.05) is 0 Å². The molecular weight excluding hydrogens is 572 g/mol. The van der Waals surface area contributed by atoms with Crippen molar-refractivity contribution in [3.63, 3.8) is 0 Å². The Labute approximate surface area is 233 Å². The first kappa shape index (κ1) is 32.1. The van der Waals surface area contributed by atoms with E-state index in [1.165, 1.54) is 0 Å². The second kappa shape index (κ2) is 12.8. The van der Waals surface area contributed by atoms with Crippen LogP contribution in [0.3, 0.4) is 0 Å². The number of nitrogens with zero attached hydrogens (tertiary/aromatic N) is 4. The fourth-order valence-electron chi connectivity index (χ4n) is 3.55. The maximum Gasteiger partial charge on any atom is 0.303 e. The predicted molar refractivity (Wildman–Crippen MR) is 138 cm³/mol. The highest BCUT2D eigenvalue weighted by atomic mass is 16.6. The molecule has 42 heavy (non-hydrogen) atoms.